The van der Waals surface area contributed by atoms with E-state index in [2.05, 4.69) is 21.4 Å². The van der Waals surface area contributed by atoms with E-state index in [1.165, 1.54) is 6.21 Å². The van der Waals surface area contributed by atoms with Crippen molar-refractivity contribution in [1.29, 1.82) is 5.41 Å². The molecule has 0 aliphatic rings. The minimum absolute atomic E-state index is 0.0856. The average molecular weight is 419 g/mol. The van der Waals surface area contributed by atoms with Gasteiger partial charge in [-0.25, -0.2) is 9.78 Å². The molecular weight excluding hydrogens is 380 g/mol. The summed E-state index contributed by atoms with van der Waals surface area (Å²) in [6.07, 6.45) is 8.92. The van der Waals surface area contributed by atoms with Crippen LogP contribution in [0.15, 0.2) is 0 Å². The molecule has 1 amide bonds. The molecule has 1 aromatic rings. The van der Waals surface area contributed by atoms with Crippen molar-refractivity contribution < 1.29 is 14.3 Å². The van der Waals surface area contributed by atoms with Gasteiger partial charge in [0.1, 0.15) is 11.9 Å². The van der Waals surface area contributed by atoms with Crippen LogP contribution < -0.4 is 16.0 Å². The molecule has 0 aliphatic heterocycles. The third-order valence-electron chi connectivity index (χ3n) is 4.91. The fourth-order valence-electron chi connectivity index (χ4n) is 3.47. The average Bonchev–Trinajstić information content (AvgIpc) is 2.93. The minimum Gasteiger partial charge on any atom is -0.464 e. The number of aromatic nitrogens is 2. The van der Waals surface area contributed by atoms with Gasteiger partial charge in [-0.1, -0.05) is 39.7 Å². The standard InChI is InChI=1S/C23H38N4O3/c1-6-30-23(29)20(16-17(2)3)26-22(28)12-10-8-7-9-11-15-27-19(5)25-18(4)21(27)13-14-24/h13-14,17,20,24H,4,6-12,15-16H2,1-3,5H3,(H,26,28)/b21-13+,24-14?/t20-/m0/s1. The maximum Gasteiger partial charge on any atom is 0.328 e. The highest BCUT2D eigenvalue weighted by Gasteiger charge is 2.22. The smallest absolute Gasteiger partial charge is 0.328 e. The van der Waals surface area contributed by atoms with Crippen LogP contribution in [0.5, 0.6) is 0 Å². The SMILES string of the molecule is C=c1nc(C)n(CCCCCCCC(=O)N[C@@H](CC(C)C)C(=O)OCC)/c1=C/C=N. The molecule has 168 valence electrons. The number of amides is 1. The molecule has 0 spiro atoms. The molecule has 0 saturated heterocycles. The fraction of sp³-hybridized carbons (Fsp3) is 0.652. The zero-order valence-corrected chi connectivity index (χ0v) is 19.0. The first kappa shape index (κ1) is 25.6. The van der Waals surface area contributed by atoms with Crippen LogP contribution in [0.3, 0.4) is 0 Å². The summed E-state index contributed by atoms with van der Waals surface area (Å²) in [4.78, 5) is 28.6. The van der Waals surface area contributed by atoms with Gasteiger partial charge in [0.2, 0.25) is 5.91 Å². The number of nitrogens with zero attached hydrogens (tertiary/aromatic N) is 2. The summed E-state index contributed by atoms with van der Waals surface area (Å²) in [7, 11) is 0. The number of ether oxygens (including phenoxy) is 1. The van der Waals surface area contributed by atoms with Gasteiger partial charge in [0.15, 0.2) is 0 Å². The number of carbonyl (C=O) groups is 2. The summed E-state index contributed by atoms with van der Waals surface area (Å²) < 4.78 is 7.17. The van der Waals surface area contributed by atoms with E-state index in [1.54, 1.807) is 13.0 Å². The lowest BCUT2D eigenvalue weighted by Crippen LogP contribution is -2.42. The number of hydrogen-bond acceptors (Lipinski definition) is 5. The van der Waals surface area contributed by atoms with Crippen LogP contribution in [0.1, 0.15) is 71.5 Å². The van der Waals surface area contributed by atoms with Crippen LogP contribution in [-0.2, 0) is 20.9 Å². The molecule has 1 aromatic heterocycles. The topological polar surface area (TPSA) is 97.1 Å². The molecule has 0 aliphatic carbocycles. The Morgan fingerprint density at radius 3 is 2.53 bits per heavy atom. The second kappa shape index (κ2) is 13.7. The monoisotopic (exact) mass is 418 g/mol. The van der Waals surface area contributed by atoms with E-state index in [1.807, 2.05) is 20.8 Å². The van der Waals surface area contributed by atoms with Crippen LogP contribution >= 0.6 is 0 Å². The highest BCUT2D eigenvalue weighted by molar-refractivity contribution is 5.88. The largest absolute Gasteiger partial charge is 0.464 e. The fourth-order valence-corrected chi connectivity index (χ4v) is 3.47. The molecule has 7 nitrogen and oxygen atoms in total. The van der Waals surface area contributed by atoms with E-state index in [9.17, 15) is 9.59 Å². The zero-order valence-electron chi connectivity index (χ0n) is 19.0. The predicted molar refractivity (Wildman–Crippen MR) is 121 cm³/mol. The maximum absolute atomic E-state index is 12.2. The first-order valence-electron chi connectivity index (χ1n) is 11.0. The van der Waals surface area contributed by atoms with E-state index in [4.69, 9.17) is 10.1 Å². The van der Waals surface area contributed by atoms with Gasteiger partial charge in [0, 0.05) is 19.2 Å². The number of nitrogens with one attached hydrogen (secondary N) is 2. The van der Waals surface area contributed by atoms with Crippen LogP contribution in [0.25, 0.3) is 12.7 Å². The van der Waals surface area contributed by atoms with E-state index in [-0.39, 0.29) is 11.9 Å². The van der Waals surface area contributed by atoms with Gasteiger partial charge in [-0.3, -0.25) is 4.79 Å². The van der Waals surface area contributed by atoms with Crippen LogP contribution in [-0.4, -0.2) is 40.3 Å². The summed E-state index contributed by atoms with van der Waals surface area (Å²) in [6.45, 7) is 12.9. The summed E-state index contributed by atoms with van der Waals surface area (Å²) in [5.74, 6) is 0.787. The van der Waals surface area contributed by atoms with Gasteiger partial charge >= 0.3 is 5.97 Å². The number of rotatable bonds is 14. The number of hydrogen-bond donors (Lipinski definition) is 2. The molecule has 0 radical (unpaired) electrons. The van der Waals surface area contributed by atoms with Crippen molar-refractivity contribution in [2.45, 2.75) is 85.2 Å². The Morgan fingerprint density at radius 1 is 1.23 bits per heavy atom. The Morgan fingerprint density at radius 2 is 1.90 bits per heavy atom. The third kappa shape index (κ3) is 8.93. The van der Waals surface area contributed by atoms with Gasteiger partial charge in [-0.05, 0) is 45.1 Å². The van der Waals surface area contributed by atoms with Gasteiger partial charge in [0.05, 0.1) is 17.3 Å². The van der Waals surface area contributed by atoms with Crippen molar-refractivity contribution in [1.82, 2.24) is 14.9 Å². The van der Waals surface area contributed by atoms with Crippen LogP contribution in [0, 0.1) is 18.3 Å². The Kier molecular flexibility index (Phi) is 11.7. The lowest BCUT2D eigenvalue weighted by atomic mass is 10.0. The highest BCUT2D eigenvalue weighted by Crippen LogP contribution is 2.09. The summed E-state index contributed by atoms with van der Waals surface area (Å²) in [5.41, 5.74) is 0. The Balaban J connectivity index is 2.31. The first-order valence-corrected chi connectivity index (χ1v) is 11.0. The minimum atomic E-state index is -0.555. The second-order valence-corrected chi connectivity index (χ2v) is 8.00. The summed E-state index contributed by atoms with van der Waals surface area (Å²) in [6, 6.07) is -0.555. The Labute approximate surface area is 180 Å². The molecule has 0 fully saturated rings. The lowest BCUT2D eigenvalue weighted by Gasteiger charge is -2.19. The van der Waals surface area contributed by atoms with Crippen molar-refractivity contribution in [3.05, 3.63) is 16.5 Å². The van der Waals surface area contributed by atoms with Gasteiger partial charge < -0.3 is 20.0 Å². The Bertz CT molecular complexity index is 798. The van der Waals surface area contributed by atoms with E-state index in [0.717, 1.165) is 49.8 Å². The van der Waals surface area contributed by atoms with E-state index < -0.39 is 6.04 Å². The number of esters is 1. The summed E-state index contributed by atoms with van der Waals surface area (Å²) in [5, 5.41) is 11.7. The molecule has 0 saturated carbocycles. The molecule has 1 rings (SSSR count). The molecular formula is C23H38N4O3. The highest BCUT2D eigenvalue weighted by atomic mass is 16.5. The molecule has 1 atom stereocenters. The third-order valence-corrected chi connectivity index (χ3v) is 4.91. The number of unbranched alkanes of at least 4 members (excludes halogenated alkanes) is 4. The van der Waals surface area contributed by atoms with Gasteiger partial charge in [0.25, 0.3) is 0 Å². The molecule has 7 heteroatoms. The normalized spacial score (nSPS) is 12.8. The summed E-state index contributed by atoms with van der Waals surface area (Å²) >= 11 is 0. The number of imidazole rings is 1. The van der Waals surface area contributed by atoms with Crippen molar-refractivity contribution in [3.8, 4) is 0 Å². The molecule has 30 heavy (non-hydrogen) atoms. The Hall–Kier alpha value is -2.44. The van der Waals surface area contributed by atoms with Crippen molar-refractivity contribution in [2.75, 3.05) is 6.61 Å². The molecule has 1 heterocycles. The second-order valence-electron chi connectivity index (χ2n) is 8.00. The zero-order chi connectivity index (χ0) is 22.5. The van der Waals surface area contributed by atoms with Crippen molar-refractivity contribution in [3.63, 3.8) is 0 Å². The van der Waals surface area contributed by atoms with Crippen molar-refractivity contribution >= 4 is 30.7 Å². The molecule has 0 unspecified atom stereocenters. The van der Waals surface area contributed by atoms with Crippen LogP contribution in [0.2, 0.25) is 0 Å². The van der Waals surface area contributed by atoms with Gasteiger partial charge in [-0.15, -0.1) is 0 Å². The number of aryl methyl sites for hydroxylation is 1. The quantitative estimate of drug-likeness (QED) is 0.275. The molecule has 0 bridgehead atoms. The maximum atomic E-state index is 12.2. The number of carbonyl (C=O) groups excluding carboxylic acids is 2. The van der Waals surface area contributed by atoms with Crippen LogP contribution in [0.4, 0.5) is 0 Å². The first-order chi connectivity index (χ1) is 14.3. The van der Waals surface area contributed by atoms with Gasteiger partial charge in [-0.2, -0.15) is 0 Å². The molecule has 2 N–H and O–H groups in total. The lowest BCUT2D eigenvalue weighted by molar-refractivity contribution is -0.147. The van der Waals surface area contributed by atoms with E-state index in [0.29, 0.717) is 30.7 Å². The van der Waals surface area contributed by atoms with E-state index >= 15 is 0 Å². The predicted octanol–water partition coefficient (Wildman–Crippen LogP) is 2.47. The molecule has 0 aromatic carbocycles. The van der Waals surface area contributed by atoms with Crippen molar-refractivity contribution in [2.24, 2.45) is 5.92 Å².